The first-order valence-corrected chi connectivity index (χ1v) is 7.53. The van der Waals surface area contributed by atoms with Gasteiger partial charge in [0, 0.05) is 0 Å². The number of benzene rings is 3. The van der Waals surface area contributed by atoms with Crippen LogP contribution in [0.25, 0.3) is 6.08 Å². The maximum Gasteiger partial charge on any atom is 0.0652 e. The van der Waals surface area contributed by atoms with Crippen LogP contribution in [0.3, 0.4) is 0 Å². The Kier molecular flexibility index (Phi) is 4.65. The van der Waals surface area contributed by atoms with Crippen LogP contribution in [0, 0.1) is 0 Å². The molecule has 23 heavy (non-hydrogen) atoms. The third kappa shape index (κ3) is 3.74. The molecular formula is C21H18N2. The van der Waals surface area contributed by atoms with Crippen LogP contribution in [0.5, 0.6) is 0 Å². The number of anilines is 2. The highest BCUT2D eigenvalue weighted by atomic mass is 15.5. The summed E-state index contributed by atoms with van der Waals surface area (Å²) in [6.45, 7) is 3.77. The van der Waals surface area contributed by atoms with E-state index in [0.29, 0.717) is 0 Å². The Labute approximate surface area is 137 Å². The van der Waals surface area contributed by atoms with Gasteiger partial charge < -0.3 is 0 Å². The lowest BCUT2D eigenvalue weighted by Crippen LogP contribution is -2.09. The van der Waals surface area contributed by atoms with Gasteiger partial charge in [-0.2, -0.15) is 5.10 Å². The smallest absolute Gasteiger partial charge is 0.0652 e. The zero-order valence-electron chi connectivity index (χ0n) is 12.8. The molecule has 2 heteroatoms. The second kappa shape index (κ2) is 7.23. The number of hydrogen-bond acceptors (Lipinski definition) is 2. The second-order valence-corrected chi connectivity index (χ2v) is 5.10. The van der Waals surface area contributed by atoms with E-state index in [1.165, 1.54) is 0 Å². The molecular weight excluding hydrogens is 280 g/mol. The molecule has 0 atom stereocenters. The fourth-order valence-electron chi connectivity index (χ4n) is 2.26. The molecule has 112 valence electrons. The third-order valence-corrected chi connectivity index (χ3v) is 3.50. The lowest BCUT2D eigenvalue weighted by atomic mass is 10.1. The summed E-state index contributed by atoms with van der Waals surface area (Å²) in [5.74, 6) is 0. The maximum atomic E-state index is 4.67. The average molecular weight is 298 g/mol. The van der Waals surface area contributed by atoms with Crippen molar-refractivity contribution < 1.29 is 0 Å². The molecule has 0 aromatic heterocycles. The topological polar surface area (TPSA) is 15.6 Å². The van der Waals surface area contributed by atoms with Gasteiger partial charge in [-0.15, -0.1) is 0 Å². The van der Waals surface area contributed by atoms with E-state index in [4.69, 9.17) is 0 Å². The first kappa shape index (κ1) is 14.8. The van der Waals surface area contributed by atoms with E-state index in [1.807, 2.05) is 102 Å². The summed E-state index contributed by atoms with van der Waals surface area (Å²) in [5, 5.41) is 6.60. The Morgan fingerprint density at radius 3 is 1.61 bits per heavy atom. The highest BCUT2D eigenvalue weighted by molar-refractivity contribution is 5.82. The van der Waals surface area contributed by atoms with Gasteiger partial charge >= 0.3 is 0 Å². The van der Waals surface area contributed by atoms with Gasteiger partial charge in [-0.3, -0.25) is 0 Å². The highest BCUT2D eigenvalue weighted by Gasteiger charge is 2.06. The third-order valence-electron chi connectivity index (χ3n) is 3.50. The van der Waals surface area contributed by atoms with Crippen molar-refractivity contribution in [3.63, 3.8) is 0 Å². The minimum absolute atomic E-state index is 1.03. The molecule has 0 saturated heterocycles. The van der Waals surface area contributed by atoms with Crippen molar-refractivity contribution >= 4 is 23.7 Å². The quantitative estimate of drug-likeness (QED) is 0.448. The van der Waals surface area contributed by atoms with E-state index in [1.54, 1.807) is 0 Å². The summed E-state index contributed by atoms with van der Waals surface area (Å²) in [7, 11) is 0. The Balaban J connectivity index is 1.92. The molecule has 3 aromatic carbocycles. The molecule has 0 aliphatic carbocycles. The zero-order chi connectivity index (χ0) is 15.9. The van der Waals surface area contributed by atoms with Crippen molar-refractivity contribution in [3.05, 3.63) is 103 Å². The standard InChI is InChI=1S/C21H18N2/c1-2-18-13-15-19(16-14-18)17-22-23(20-9-5-3-6-10-20)21-11-7-4-8-12-21/h2-17H,1H2. The largest absolute Gasteiger partial charge is 0.234 e. The molecule has 0 unspecified atom stereocenters. The molecule has 0 N–H and O–H groups in total. The van der Waals surface area contributed by atoms with Crippen molar-refractivity contribution in [3.8, 4) is 0 Å². The summed E-state index contributed by atoms with van der Waals surface area (Å²) < 4.78 is 0. The van der Waals surface area contributed by atoms with Crippen LogP contribution in [0.15, 0.2) is 96.6 Å². The van der Waals surface area contributed by atoms with Gasteiger partial charge in [0.05, 0.1) is 17.6 Å². The number of hydrazone groups is 1. The van der Waals surface area contributed by atoms with Crippen molar-refractivity contribution in [2.45, 2.75) is 0 Å². The molecule has 3 aromatic rings. The molecule has 0 fully saturated rings. The number of rotatable bonds is 5. The SMILES string of the molecule is C=Cc1ccc(C=NN(c2ccccc2)c2ccccc2)cc1. The molecule has 0 aliphatic rings. The Hall–Kier alpha value is -3.13. The van der Waals surface area contributed by atoms with Crippen molar-refractivity contribution in [2.24, 2.45) is 5.10 Å². The van der Waals surface area contributed by atoms with Gasteiger partial charge in [0.2, 0.25) is 0 Å². The van der Waals surface area contributed by atoms with E-state index in [2.05, 4.69) is 11.7 Å². The monoisotopic (exact) mass is 298 g/mol. The van der Waals surface area contributed by atoms with Gasteiger partial charge in [-0.05, 0) is 35.4 Å². The molecule has 0 radical (unpaired) electrons. The van der Waals surface area contributed by atoms with Crippen LogP contribution in [-0.4, -0.2) is 6.21 Å². The van der Waals surface area contributed by atoms with Gasteiger partial charge in [-0.25, -0.2) is 5.01 Å². The molecule has 0 heterocycles. The Morgan fingerprint density at radius 2 is 1.13 bits per heavy atom. The van der Waals surface area contributed by atoms with Crippen LogP contribution < -0.4 is 5.01 Å². The number of para-hydroxylation sites is 2. The summed E-state index contributed by atoms with van der Waals surface area (Å²) in [6, 6.07) is 28.4. The van der Waals surface area contributed by atoms with Crippen molar-refractivity contribution in [1.29, 1.82) is 0 Å². The van der Waals surface area contributed by atoms with Gasteiger partial charge in [-0.1, -0.05) is 73.3 Å². The molecule has 0 bridgehead atoms. The normalized spacial score (nSPS) is 10.6. The van der Waals surface area contributed by atoms with Crippen LogP contribution in [0.4, 0.5) is 11.4 Å². The van der Waals surface area contributed by atoms with Crippen LogP contribution in [0.2, 0.25) is 0 Å². The van der Waals surface area contributed by atoms with E-state index < -0.39 is 0 Å². The molecule has 0 saturated carbocycles. The molecule has 2 nitrogen and oxygen atoms in total. The second-order valence-electron chi connectivity index (χ2n) is 5.10. The molecule has 0 aliphatic heterocycles. The molecule has 0 spiro atoms. The fourth-order valence-corrected chi connectivity index (χ4v) is 2.26. The van der Waals surface area contributed by atoms with Gasteiger partial charge in [0.25, 0.3) is 0 Å². The summed E-state index contributed by atoms with van der Waals surface area (Å²) in [5.41, 5.74) is 4.20. The summed E-state index contributed by atoms with van der Waals surface area (Å²) in [6.07, 6.45) is 3.70. The van der Waals surface area contributed by atoms with E-state index in [0.717, 1.165) is 22.5 Å². The first-order chi connectivity index (χ1) is 11.4. The predicted octanol–water partition coefficient (Wildman–Crippen LogP) is 5.50. The maximum absolute atomic E-state index is 4.67. The number of hydrogen-bond donors (Lipinski definition) is 0. The highest BCUT2D eigenvalue weighted by Crippen LogP contribution is 2.25. The minimum Gasteiger partial charge on any atom is -0.234 e. The minimum atomic E-state index is 1.03. The van der Waals surface area contributed by atoms with Gasteiger partial charge in [0.15, 0.2) is 0 Å². The van der Waals surface area contributed by atoms with Gasteiger partial charge in [0.1, 0.15) is 0 Å². The Bertz CT molecular complexity index is 736. The van der Waals surface area contributed by atoms with Crippen LogP contribution in [-0.2, 0) is 0 Å². The average Bonchev–Trinajstić information content (AvgIpc) is 2.64. The van der Waals surface area contributed by atoms with Crippen molar-refractivity contribution in [1.82, 2.24) is 0 Å². The van der Waals surface area contributed by atoms with Crippen LogP contribution >= 0.6 is 0 Å². The zero-order valence-corrected chi connectivity index (χ0v) is 12.8. The van der Waals surface area contributed by atoms with Crippen LogP contribution in [0.1, 0.15) is 11.1 Å². The summed E-state index contributed by atoms with van der Waals surface area (Å²) in [4.78, 5) is 0. The summed E-state index contributed by atoms with van der Waals surface area (Å²) >= 11 is 0. The lowest BCUT2D eigenvalue weighted by Gasteiger charge is -2.19. The molecule has 0 amide bonds. The molecule has 3 rings (SSSR count). The predicted molar refractivity (Wildman–Crippen MR) is 99.2 cm³/mol. The lowest BCUT2D eigenvalue weighted by molar-refractivity contribution is 1.09. The fraction of sp³-hybridized carbons (Fsp3) is 0. The van der Waals surface area contributed by atoms with E-state index in [9.17, 15) is 0 Å². The first-order valence-electron chi connectivity index (χ1n) is 7.53. The van der Waals surface area contributed by atoms with Crippen molar-refractivity contribution in [2.75, 3.05) is 5.01 Å². The van der Waals surface area contributed by atoms with E-state index in [-0.39, 0.29) is 0 Å². The Morgan fingerprint density at radius 1 is 0.652 bits per heavy atom. The number of nitrogens with zero attached hydrogens (tertiary/aromatic N) is 2. The van der Waals surface area contributed by atoms with E-state index >= 15 is 0 Å².